The zero-order valence-electron chi connectivity index (χ0n) is 9.74. The number of fused-ring (bicyclic) bond motifs is 3. The number of carbonyl (C=O) groups is 1. The molecule has 2 saturated heterocycles. The molecular formula is C13H13NO4. The molecule has 18 heavy (non-hydrogen) atoms. The molecule has 2 bridgehead atoms. The minimum absolute atomic E-state index is 0.0627. The molecule has 2 heterocycles. The van der Waals surface area contributed by atoms with Gasteiger partial charge in [-0.1, -0.05) is 18.2 Å². The van der Waals surface area contributed by atoms with Gasteiger partial charge >= 0.3 is 5.97 Å². The molecule has 0 radical (unpaired) electrons. The van der Waals surface area contributed by atoms with Crippen molar-refractivity contribution in [3.8, 4) is 0 Å². The molecule has 1 saturated carbocycles. The van der Waals surface area contributed by atoms with Gasteiger partial charge in [0, 0.05) is 17.5 Å². The first-order valence-electron chi connectivity index (χ1n) is 6.10. The number of nitrogens with zero attached hydrogens (tertiary/aromatic N) is 1. The first kappa shape index (κ1) is 11.2. The minimum atomic E-state index is -0.372. The van der Waals surface area contributed by atoms with Gasteiger partial charge in [0.25, 0.3) is 5.69 Å². The van der Waals surface area contributed by atoms with Crippen LogP contribution in [0.1, 0.15) is 30.7 Å². The maximum atomic E-state index is 11.7. The number of para-hydroxylation sites is 1. The van der Waals surface area contributed by atoms with Gasteiger partial charge in [0.15, 0.2) is 0 Å². The lowest BCUT2D eigenvalue weighted by Gasteiger charge is -2.40. The van der Waals surface area contributed by atoms with E-state index in [4.69, 9.17) is 4.74 Å². The Balaban J connectivity index is 2.00. The van der Waals surface area contributed by atoms with Crippen molar-refractivity contribution in [1.29, 1.82) is 0 Å². The fraction of sp³-hybridized carbons (Fsp3) is 0.462. The molecule has 5 heteroatoms. The Morgan fingerprint density at radius 2 is 2.00 bits per heavy atom. The van der Waals surface area contributed by atoms with Crippen LogP contribution in [0.25, 0.3) is 0 Å². The fourth-order valence-corrected chi connectivity index (χ4v) is 3.08. The highest BCUT2D eigenvalue weighted by Gasteiger charge is 2.45. The topological polar surface area (TPSA) is 69.4 Å². The number of hydrogen-bond acceptors (Lipinski definition) is 4. The summed E-state index contributed by atoms with van der Waals surface area (Å²) in [5, 5.41) is 11.0. The van der Waals surface area contributed by atoms with Crippen LogP contribution >= 0.6 is 0 Å². The first-order valence-corrected chi connectivity index (χ1v) is 6.10. The summed E-state index contributed by atoms with van der Waals surface area (Å²) in [6.45, 7) is 0. The molecule has 1 aromatic carbocycles. The molecule has 1 aromatic rings. The Bertz CT molecular complexity index is 513. The molecule has 2 aliphatic heterocycles. The van der Waals surface area contributed by atoms with Crippen LogP contribution in [-0.2, 0) is 9.53 Å². The summed E-state index contributed by atoms with van der Waals surface area (Å²) in [5.41, 5.74) is 0.789. The molecule has 4 rings (SSSR count). The van der Waals surface area contributed by atoms with Crippen molar-refractivity contribution in [1.82, 2.24) is 0 Å². The molecule has 94 valence electrons. The van der Waals surface area contributed by atoms with E-state index in [0.717, 1.165) is 12.8 Å². The Morgan fingerprint density at radius 1 is 1.22 bits per heavy atom. The van der Waals surface area contributed by atoms with Crippen molar-refractivity contribution in [2.75, 3.05) is 0 Å². The fourth-order valence-electron chi connectivity index (χ4n) is 3.08. The summed E-state index contributed by atoms with van der Waals surface area (Å²) in [7, 11) is 0. The van der Waals surface area contributed by atoms with E-state index < -0.39 is 0 Å². The molecule has 3 atom stereocenters. The Morgan fingerprint density at radius 3 is 2.67 bits per heavy atom. The van der Waals surface area contributed by atoms with Gasteiger partial charge in [-0.2, -0.15) is 0 Å². The van der Waals surface area contributed by atoms with E-state index in [2.05, 4.69) is 0 Å². The van der Waals surface area contributed by atoms with Crippen LogP contribution in [0.5, 0.6) is 0 Å². The predicted octanol–water partition coefficient (Wildman–Crippen LogP) is 2.40. The summed E-state index contributed by atoms with van der Waals surface area (Å²) >= 11 is 0. The number of nitro benzene ring substituents is 1. The predicted molar refractivity (Wildman–Crippen MR) is 63.1 cm³/mol. The van der Waals surface area contributed by atoms with Gasteiger partial charge in [0.05, 0.1) is 10.8 Å². The first-order chi connectivity index (χ1) is 8.66. The van der Waals surface area contributed by atoms with Gasteiger partial charge in [-0.25, -0.2) is 0 Å². The van der Waals surface area contributed by atoms with Crippen molar-refractivity contribution < 1.29 is 14.5 Å². The van der Waals surface area contributed by atoms with Gasteiger partial charge in [-0.15, -0.1) is 0 Å². The second kappa shape index (κ2) is 4.08. The minimum Gasteiger partial charge on any atom is -0.462 e. The number of carbonyl (C=O) groups excluding carboxylic acids is 1. The lowest BCUT2D eigenvalue weighted by Crippen LogP contribution is -2.42. The van der Waals surface area contributed by atoms with Gasteiger partial charge in [0.2, 0.25) is 0 Å². The van der Waals surface area contributed by atoms with Crippen LogP contribution in [0, 0.1) is 16.0 Å². The van der Waals surface area contributed by atoms with Crippen molar-refractivity contribution in [3.05, 3.63) is 39.9 Å². The highest BCUT2D eigenvalue weighted by Crippen LogP contribution is 2.46. The van der Waals surface area contributed by atoms with Crippen LogP contribution in [0.15, 0.2) is 24.3 Å². The molecule has 0 amide bonds. The summed E-state index contributed by atoms with van der Waals surface area (Å²) in [5.74, 6) is -0.469. The highest BCUT2D eigenvalue weighted by molar-refractivity contribution is 5.76. The quantitative estimate of drug-likeness (QED) is 0.457. The van der Waals surface area contributed by atoms with Crippen molar-refractivity contribution in [2.24, 2.45) is 5.92 Å². The maximum Gasteiger partial charge on any atom is 0.309 e. The SMILES string of the molecule is O=C1O[C@@H]2CC[C@H]1[C@@H](c1ccccc1[N+](=O)[O-])C2. The molecular weight excluding hydrogens is 234 g/mol. The molecule has 0 N–H and O–H groups in total. The van der Waals surface area contributed by atoms with Crippen LogP contribution in [0.3, 0.4) is 0 Å². The Labute approximate surface area is 104 Å². The van der Waals surface area contributed by atoms with Gasteiger partial charge in [-0.05, 0) is 19.3 Å². The van der Waals surface area contributed by atoms with E-state index in [1.165, 1.54) is 6.07 Å². The molecule has 5 nitrogen and oxygen atoms in total. The Hall–Kier alpha value is -1.91. The lowest BCUT2D eigenvalue weighted by atomic mass is 9.72. The molecule has 3 aliphatic rings. The average Bonchev–Trinajstić information content (AvgIpc) is 2.39. The summed E-state index contributed by atoms with van der Waals surface area (Å²) in [6.07, 6.45) is 2.31. The van der Waals surface area contributed by atoms with E-state index >= 15 is 0 Å². The standard InChI is InChI=1S/C13H13NO4/c15-13-10-6-5-8(18-13)7-11(10)9-3-1-2-4-12(9)14(16)17/h1-4,8,10-11H,5-7H2/t8-,10+,11-/m1/s1. The van der Waals surface area contributed by atoms with Crippen LogP contribution in [-0.4, -0.2) is 17.0 Å². The highest BCUT2D eigenvalue weighted by atomic mass is 16.6. The average molecular weight is 247 g/mol. The van der Waals surface area contributed by atoms with Crippen LogP contribution in [0.4, 0.5) is 5.69 Å². The zero-order valence-corrected chi connectivity index (χ0v) is 9.74. The molecule has 3 fully saturated rings. The number of rotatable bonds is 2. The molecule has 0 unspecified atom stereocenters. The molecule has 1 aliphatic carbocycles. The smallest absolute Gasteiger partial charge is 0.309 e. The van der Waals surface area contributed by atoms with Gasteiger partial charge in [-0.3, -0.25) is 14.9 Å². The summed E-state index contributed by atoms with van der Waals surface area (Å²) in [4.78, 5) is 22.4. The number of ether oxygens (including phenoxy) is 1. The van der Waals surface area contributed by atoms with Crippen molar-refractivity contribution >= 4 is 11.7 Å². The van der Waals surface area contributed by atoms with Gasteiger partial charge < -0.3 is 4.74 Å². The second-order valence-electron chi connectivity index (χ2n) is 4.90. The van der Waals surface area contributed by atoms with Gasteiger partial charge in [0.1, 0.15) is 6.10 Å². The van der Waals surface area contributed by atoms with Crippen LogP contribution < -0.4 is 0 Å². The van der Waals surface area contributed by atoms with E-state index in [9.17, 15) is 14.9 Å². The number of benzene rings is 1. The third-order valence-electron chi connectivity index (χ3n) is 3.92. The largest absolute Gasteiger partial charge is 0.462 e. The number of hydrogen-bond donors (Lipinski definition) is 0. The van der Waals surface area contributed by atoms with Crippen molar-refractivity contribution in [3.63, 3.8) is 0 Å². The van der Waals surface area contributed by atoms with E-state index in [-0.39, 0.29) is 34.5 Å². The summed E-state index contributed by atoms with van der Waals surface area (Å²) < 4.78 is 5.23. The zero-order chi connectivity index (χ0) is 12.7. The number of esters is 1. The van der Waals surface area contributed by atoms with Crippen molar-refractivity contribution in [2.45, 2.75) is 31.3 Å². The summed E-state index contributed by atoms with van der Waals surface area (Å²) in [6, 6.07) is 6.71. The van der Waals surface area contributed by atoms with E-state index in [1.54, 1.807) is 18.2 Å². The van der Waals surface area contributed by atoms with Crippen LogP contribution in [0.2, 0.25) is 0 Å². The third-order valence-corrected chi connectivity index (χ3v) is 3.92. The lowest BCUT2D eigenvalue weighted by molar-refractivity contribution is -0.385. The van der Waals surface area contributed by atoms with E-state index in [0.29, 0.717) is 12.0 Å². The third kappa shape index (κ3) is 1.66. The number of nitro groups is 1. The Kier molecular flexibility index (Phi) is 2.54. The maximum absolute atomic E-state index is 11.7. The normalized spacial score (nSPS) is 30.0. The second-order valence-corrected chi connectivity index (χ2v) is 4.90. The molecule has 0 spiro atoms. The molecule has 0 aromatic heterocycles. The van der Waals surface area contributed by atoms with E-state index in [1.807, 2.05) is 0 Å². The monoisotopic (exact) mass is 247 g/mol.